The van der Waals surface area contributed by atoms with Crippen LogP contribution < -0.4 is 5.73 Å². The molecule has 0 aliphatic heterocycles. The van der Waals surface area contributed by atoms with Gasteiger partial charge in [-0.15, -0.1) is 0 Å². The normalized spacial score (nSPS) is 10.9. The van der Waals surface area contributed by atoms with E-state index in [1.54, 1.807) is 0 Å². The smallest absolute Gasteiger partial charge is 0.0571 e. The van der Waals surface area contributed by atoms with E-state index in [4.69, 9.17) is 5.73 Å². The molecule has 0 saturated heterocycles. The van der Waals surface area contributed by atoms with Crippen molar-refractivity contribution in [1.82, 2.24) is 4.98 Å². The van der Waals surface area contributed by atoms with E-state index in [1.165, 1.54) is 69.8 Å². The minimum Gasteiger partial charge on any atom is -0.325 e. The molecule has 20 heavy (non-hydrogen) atoms. The molecule has 1 aromatic heterocycles. The van der Waals surface area contributed by atoms with Gasteiger partial charge in [0.15, 0.2) is 0 Å². The molecule has 2 N–H and O–H groups in total. The van der Waals surface area contributed by atoms with Crippen LogP contribution >= 0.6 is 0 Å². The Morgan fingerprint density at radius 3 is 2.10 bits per heavy atom. The third-order valence-electron chi connectivity index (χ3n) is 3.98. The van der Waals surface area contributed by atoms with Crippen LogP contribution in [0.25, 0.3) is 0 Å². The Kier molecular flexibility index (Phi) is 10.2. The van der Waals surface area contributed by atoms with Crippen LogP contribution in [0, 0.1) is 0 Å². The Morgan fingerprint density at radius 2 is 1.50 bits per heavy atom. The highest BCUT2D eigenvalue weighted by molar-refractivity contribution is 5.19. The summed E-state index contributed by atoms with van der Waals surface area (Å²) in [7, 11) is 0. The van der Waals surface area contributed by atoms with Gasteiger partial charge in [0.05, 0.1) is 5.69 Å². The van der Waals surface area contributed by atoms with Crippen molar-refractivity contribution < 1.29 is 0 Å². The molecular formula is C18H32N2. The first kappa shape index (κ1) is 17.2. The van der Waals surface area contributed by atoms with Crippen molar-refractivity contribution in [3.63, 3.8) is 0 Å². The first-order valence-corrected chi connectivity index (χ1v) is 8.51. The third kappa shape index (κ3) is 7.64. The van der Waals surface area contributed by atoms with Crippen LogP contribution in [0.3, 0.4) is 0 Å². The lowest BCUT2D eigenvalue weighted by molar-refractivity contribution is 0.556. The van der Waals surface area contributed by atoms with Gasteiger partial charge in [-0.2, -0.15) is 0 Å². The zero-order chi connectivity index (χ0) is 14.5. The molecule has 0 bridgehead atoms. The van der Waals surface area contributed by atoms with Gasteiger partial charge in [-0.25, -0.2) is 0 Å². The van der Waals surface area contributed by atoms with Gasteiger partial charge in [-0.05, 0) is 24.5 Å². The molecule has 1 heterocycles. The second-order valence-electron chi connectivity index (χ2n) is 5.75. The molecule has 114 valence electrons. The van der Waals surface area contributed by atoms with Gasteiger partial charge in [0.2, 0.25) is 0 Å². The van der Waals surface area contributed by atoms with Gasteiger partial charge >= 0.3 is 0 Å². The van der Waals surface area contributed by atoms with E-state index in [1.807, 2.05) is 12.3 Å². The summed E-state index contributed by atoms with van der Waals surface area (Å²) in [4.78, 5) is 4.34. The monoisotopic (exact) mass is 276 g/mol. The highest BCUT2D eigenvalue weighted by atomic mass is 14.7. The van der Waals surface area contributed by atoms with Gasteiger partial charge in [-0.1, -0.05) is 70.8 Å². The van der Waals surface area contributed by atoms with E-state index in [9.17, 15) is 0 Å². The summed E-state index contributed by atoms with van der Waals surface area (Å²) in [5, 5.41) is 0. The molecule has 0 fully saturated rings. The van der Waals surface area contributed by atoms with Crippen LogP contribution in [0.1, 0.15) is 82.4 Å². The second kappa shape index (κ2) is 11.9. The molecule has 0 aromatic carbocycles. The third-order valence-corrected chi connectivity index (χ3v) is 3.98. The van der Waals surface area contributed by atoms with Gasteiger partial charge in [-0.3, -0.25) is 4.98 Å². The fraction of sp³-hybridized carbons (Fsp3) is 0.722. The molecule has 0 amide bonds. The summed E-state index contributed by atoms with van der Waals surface area (Å²) < 4.78 is 0. The van der Waals surface area contributed by atoms with Gasteiger partial charge in [0, 0.05) is 12.7 Å². The van der Waals surface area contributed by atoms with Crippen molar-refractivity contribution in [1.29, 1.82) is 0 Å². The van der Waals surface area contributed by atoms with E-state index >= 15 is 0 Å². The number of nitrogens with zero attached hydrogens (tertiary/aromatic N) is 1. The fourth-order valence-corrected chi connectivity index (χ4v) is 2.69. The standard InChI is InChI=1S/C18H32N2/c1-2-3-4-5-6-7-8-9-10-11-13-17-14-12-15-20-18(17)16-19/h12,14-15H,2-11,13,16,19H2,1H3. The lowest BCUT2D eigenvalue weighted by atomic mass is 10.0. The van der Waals surface area contributed by atoms with Crippen molar-refractivity contribution in [3.8, 4) is 0 Å². The predicted octanol–water partition coefficient (Wildman–Crippen LogP) is 5.00. The van der Waals surface area contributed by atoms with Crippen LogP contribution in [0.4, 0.5) is 0 Å². The summed E-state index contributed by atoms with van der Waals surface area (Å²) in [6.07, 6.45) is 16.8. The lowest BCUT2D eigenvalue weighted by Gasteiger charge is -2.06. The maximum atomic E-state index is 5.71. The molecule has 0 spiro atoms. The van der Waals surface area contributed by atoms with Crippen molar-refractivity contribution >= 4 is 0 Å². The minimum atomic E-state index is 0.563. The summed E-state index contributed by atoms with van der Waals surface area (Å²) in [5.74, 6) is 0. The molecule has 1 aromatic rings. The van der Waals surface area contributed by atoms with E-state index < -0.39 is 0 Å². The van der Waals surface area contributed by atoms with Gasteiger partial charge in [0.25, 0.3) is 0 Å². The first-order valence-electron chi connectivity index (χ1n) is 8.51. The molecule has 0 saturated carbocycles. The Labute approximate surface area is 125 Å². The summed E-state index contributed by atoms with van der Waals surface area (Å²) >= 11 is 0. The number of rotatable bonds is 12. The number of hydrogen-bond acceptors (Lipinski definition) is 2. The maximum absolute atomic E-state index is 5.71. The molecule has 0 aliphatic carbocycles. The van der Waals surface area contributed by atoms with E-state index in [-0.39, 0.29) is 0 Å². The van der Waals surface area contributed by atoms with E-state index in [2.05, 4.69) is 18.0 Å². The topological polar surface area (TPSA) is 38.9 Å². The number of aryl methyl sites for hydroxylation is 1. The first-order chi connectivity index (χ1) is 9.88. The number of aromatic nitrogens is 1. The molecule has 2 nitrogen and oxygen atoms in total. The zero-order valence-corrected chi connectivity index (χ0v) is 13.2. The van der Waals surface area contributed by atoms with Crippen LogP contribution in [-0.4, -0.2) is 4.98 Å². The Bertz CT molecular complexity index is 336. The lowest BCUT2D eigenvalue weighted by Crippen LogP contribution is -2.04. The summed E-state index contributed by atoms with van der Waals surface area (Å²) in [5.41, 5.74) is 8.12. The van der Waals surface area contributed by atoms with Crippen LogP contribution in [0.2, 0.25) is 0 Å². The predicted molar refractivity (Wildman–Crippen MR) is 87.7 cm³/mol. The number of nitrogens with two attached hydrogens (primary N) is 1. The molecule has 1 rings (SSSR count). The van der Waals surface area contributed by atoms with Crippen molar-refractivity contribution in [2.24, 2.45) is 5.73 Å². The SMILES string of the molecule is CCCCCCCCCCCCc1cccnc1CN. The van der Waals surface area contributed by atoms with Crippen LogP contribution in [-0.2, 0) is 13.0 Å². The van der Waals surface area contributed by atoms with E-state index in [0.29, 0.717) is 6.54 Å². The maximum Gasteiger partial charge on any atom is 0.0571 e. The largest absolute Gasteiger partial charge is 0.325 e. The van der Waals surface area contributed by atoms with Crippen LogP contribution in [0.15, 0.2) is 18.3 Å². The minimum absolute atomic E-state index is 0.563. The van der Waals surface area contributed by atoms with Gasteiger partial charge in [0.1, 0.15) is 0 Å². The second-order valence-corrected chi connectivity index (χ2v) is 5.75. The summed E-state index contributed by atoms with van der Waals surface area (Å²) in [6.45, 7) is 2.84. The Morgan fingerprint density at radius 1 is 0.900 bits per heavy atom. The summed E-state index contributed by atoms with van der Waals surface area (Å²) in [6, 6.07) is 4.19. The number of pyridine rings is 1. The van der Waals surface area contributed by atoms with E-state index in [0.717, 1.165) is 12.1 Å². The zero-order valence-electron chi connectivity index (χ0n) is 13.2. The quantitative estimate of drug-likeness (QED) is 0.545. The van der Waals surface area contributed by atoms with Crippen LogP contribution in [0.5, 0.6) is 0 Å². The average molecular weight is 276 g/mol. The van der Waals surface area contributed by atoms with Crippen molar-refractivity contribution in [2.45, 2.75) is 84.1 Å². The molecule has 0 radical (unpaired) electrons. The van der Waals surface area contributed by atoms with Gasteiger partial charge < -0.3 is 5.73 Å². The molecule has 0 aliphatic rings. The molecule has 0 atom stereocenters. The number of hydrogen-bond donors (Lipinski definition) is 1. The number of unbranched alkanes of at least 4 members (excludes halogenated alkanes) is 9. The Hall–Kier alpha value is -0.890. The highest BCUT2D eigenvalue weighted by Gasteiger charge is 2.01. The van der Waals surface area contributed by atoms with Crippen molar-refractivity contribution in [3.05, 3.63) is 29.6 Å². The fourth-order valence-electron chi connectivity index (χ4n) is 2.69. The van der Waals surface area contributed by atoms with Crippen molar-refractivity contribution in [2.75, 3.05) is 0 Å². The average Bonchev–Trinajstić information content (AvgIpc) is 2.49. The Balaban J connectivity index is 1.97. The molecular weight excluding hydrogens is 244 g/mol. The molecule has 0 unspecified atom stereocenters. The highest BCUT2D eigenvalue weighted by Crippen LogP contribution is 2.13. The molecule has 2 heteroatoms.